The average Bonchev–Trinajstić information content (AvgIpc) is 3.20. The molecule has 1 aliphatic rings. The monoisotopic (exact) mass is 515 g/mol. The second-order valence-corrected chi connectivity index (χ2v) is 10.1. The van der Waals surface area contributed by atoms with Crippen molar-refractivity contribution in [2.45, 2.75) is 26.7 Å². The van der Waals surface area contributed by atoms with Crippen molar-refractivity contribution >= 4 is 17.6 Å². The molecule has 1 fully saturated rings. The summed E-state index contributed by atoms with van der Waals surface area (Å²) < 4.78 is 5.31. The van der Waals surface area contributed by atoms with Gasteiger partial charge in [-0.05, 0) is 42.2 Å². The summed E-state index contributed by atoms with van der Waals surface area (Å²) in [5.74, 6) is 1.83. The molecule has 2 heterocycles. The molecule has 1 saturated heterocycles. The number of ether oxygens (including phenoxy) is 1. The van der Waals surface area contributed by atoms with Gasteiger partial charge in [-0.2, -0.15) is 0 Å². The van der Waals surface area contributed by atoms with Crippen LogP contribution in [0.4, 0.5) is 5.82 Å². The molecule has 3 aromatic rings. The summed E-state index contributed by atoms with van der Waals surface area (Å²) in [4.78, 5) is 32.1. The van der Waals surface area contributed by atoms with E-state index in [9.17, 15) is 9.59 Å². The quantitative estimate of drug-likeness (QED) is 0.430. The second kappa shape index (κ2) is 13.0. The standard InChI is InChI=1S/C30H37N5O3/c1-23(2)21-35(29(36)19-24-9-5-4-6-10-24)22-30(37)34-16-8-15-33(17-18-34)28-14-13-27(31-32-28)25-11-7-12-26(20-25)38-3/h4-7,9-14,20,23H,8,15-19,21-22H2,1-3H3. The fourth-order valence-corrected chi connectivity index (χ4v) is 4.67. The SMILES string of the molecule is COc1cccc(-c2ccc(N3CCCN(C(=O)CN(CC(C)C)C(=O)Cc4ccccc4)CC3)nn2)c1. The summed E-state index contributed by atoms with van der Waals surface area (Å²) in [6, 6.07) is 21.4. The Morgan fingerprint density at radius 1 is 0.947 bits per heavy atom. The number of aromatic nitrogens is 2. The number of carbonyl (C=O) groups is 2. The Hall–Kier alpha value is -3.94. The van der Waals surface area contributed by atoms with E-state index in [2.05, 4.69) is 28.9 Å². The first-order chi connectivity index (χ1) is 18.4. The molecule has 0 radical (unpaired) electrons. The van der Waals surface area contributed by atoms with E-state index in [0.717, 1.165) is 41.4 Å². The number of hydrogen-bond acceptors (Lipinski definition) is 6. The van der Waals surface area contributed by atoms with Crippen molar-refractivity contribution in [3.05, 3.63) is 72.3 Å². The van der Waals surface area contributed by atoms with Gasteiger partial charge in [0.05, 0.1) is 25.8 Å². The van der Waals surface area contributed by atoms with E-state index < -0.39 is 0 Å². The highest BCUT2D eigenvalue weighted by molar-refractivity contribution is 5.86. The molecule has 0 saturated carbocycles. The number of carbonyl (C=O) groups excluding carboxylic acids is 2. The van der Waals surface area contributed by atoms with Crippen molar-refractivity contribution in [1.82, 2.24) is 20.0 Å². The van der Waals surface area contributed by atoms with Crippen LogP contribution in [0.2, 0.25) is 0 Å². The summed E-state index contributed by atoms with van der Waals surface area (Å²) in [5, 5.41) is 8.90. The number of benzene rings is 2. The van der Waals surface area contributed by atoms with Crippen molar-refractivity contribution in [3.8, 4) is 17.0 Å². The largest absolute Gasteiger partial charge is 0.497 e. The molecule has 4 rings (SSSR count). The van der Waals surface area contributed by atoms with Gasteiger partial charge < -0.3 is 19.4 Å². The van der Waals surface area contributed by atoms with Gasteiger partial charge in [0.25, 0.3) is 0 Å². The van der Waals surface area contributed by atoms with E-state index in [1.807, 2.05) is 71.6 Å². The molecular formula is C30H37N5O3. The van der Waals surface area contributed by atoms with Crippen LogP contribution in [-0.2, 0) is 16.0 Å². The van der Waals surface area contributed by atoms with Gasteiger partial charge in [-0.3, -0.25) is 9.59 Å². The van der Waals surface area contributed by atoms with E-state index in [1.165, 1.54) is 0 Å². The second-order valence-electron chi connectivity index (χ2n) is 10.1. The lowest BCUT2D eigenvalue weighted by atomic mass is 10.1. The number of anilines is 1. The molecule has 0 spiro atoms. The van der Waals surface area contributed by atoms with Crippen molar-refractivity contribution in [2.75, 3.05) is 51.3 Å². The van der Waals surface area contributed by atoms with Crippen LogP contribution in [0, 0.1) is 5.92 Å². The first kappa shape index (κ1) is 27.1. The average molecular weight is 516 g/mol. The molecule has 0 unspecified atom stereocenters. The fourth-order valence-electron chi connectivity index (χ4n) is 4.67. The van der Waals surface area contributed by atoms with Crippen LogP contribution >= 0.6 is 0 Å². The number of methoxy groups -OCH3 is 1. The first-order valence-electron chi connectivity index (χ1n) is 13.3. The molecule has 0 aliphatic carbocycles. The Balaban J connectivity index is 1.36. The minimum atomic E-state index is -0.0129. The molecule has 1 aliphatic heterocycles. The van der Waals surface area contributed by atoms with Crippen LogP contribution in [0.5, 0.6) is 5.75 Å². The summed E-state index contributed by atoms with van der Waals surface area (Å²) >= 11 is 0. The lowest BCUT2D eigenvalue weighted by Crippen LogP contribution is -2.45. The molecule has 0 atom stereocenters. The Kier molecular flexibility index (Phi) is 9.30. The summed E-state index contributed by atoms with van der Waals surface area (Å²) in [5.41, 5.74) is 2.69. The minimum absolute atomic E-state index is 0.00614. The Morgan fingerprint density at radius 2 is 1.76 bits per heavy atom. The number of amides is 2. The molecule has 1 aromatic heterocycles. The van der Waals surface area contributed by atoms with Crippen molar-refractivity contribution in [3.63, 3.8) is 0 Å². The maximum Gasteiger partial charge on any atom is 0.242 e. The van der Waals surface area contributed by atoms with Crippen LogP contribution in [0.15, 0.2) is 66.7 Å². The molecule has 38 heavy (non-hydrogen) atoms. The maximum absolute atomic E-state index is 13.3. The normalized spacial score (nSPS) is 13.8. The van der Waals surface area contributed by atoms with Gasteiger partial charge in [-0.25, -0.2) is 0 Å². The zero-order valence-electron chi connectivity index (χ0n) is 22.5. The smallest absolute Gasteiger partial charge is 0.242 e. The van der Waals surface area contributed by atoms with Gasteiger partial charge >= 0.3 is 0 Å². The van der Waals surface area contributed by atoms with E-state index in [4.69, 9.17) is 4.74 Å². The summed E-state index contributed by atoms with van der Waals surface area (Å²) in [7, 11) is 1.64. The highest BCUT2D eigenvalue weighted by Gasteiger charge is 2.24. The molecule has 8 nitrogen and oxygen atoms in total. The Bertz CT molecular complexity index is 1200. The van der Waals surface area contributed by atoms with Crippen molar-refractivity contribution in [1.29, 1.82) is 0 Å². The third-order valence-electron chi connectivity index (χ3n) is 6.65. The zero-order chi connectivity index (χ0) is 26.9. The predicted octanol–water partition coefficient (Wildman–Crippen LogP) is 3.92. The zero-order valence-corrected chi connectivity index (χ0v) is 22.5. The molecule has 200 valence electrons. The van der Waals surface area contributed by atoms with E-state index >= 15 is 0 Å². The minimum Gasteiger partial charge on any atom is -0.497 e. The molecule has 0 bridgehead atoms. The molecule has 8 heteroatoms. The number of nitrogens with zero attached hydrogens (tertiary/aromatic N) is 5. The third kappa shape index (κ3) is 7.31. The van der Waals surface area contributed by atoms with Crippen molar-refractivity contribution < 1.29 is 14.3 Å². The lowest BCUT2D eigenvalue weighted by molar-refractivity contribution is -0.140. The topological polar surface area (TPSA) is 78.9 Å². The van der Waals surface area contributed by atoms with Crippen LogP contribution in [0.3, 0.4) is 0 Å². The number of rotatable bonds is 9. The third-order valence-corrected chi connectivity index (χ3v) is 6.65. The Morgan fingerprint density at radius 3 is 2.47 bits per heavy atom. The highest BCUT2D eigenvalue weighted by Crippen LogP contribution is 2.23. The summed E-state index contributed by atoms with van der Waals surface area (Å²) in [6.07, 6.45) is 1.13. The van der Waals surface area contributed by atoms with Crippen molar-refractivity contribution in [2.24, 2.45) is 5.92 Å². The van der Waals surface area contributed by atoms with E-state index in [0.29, 0.717) is 32.6 Å². The van der Waals surface area contributed by atoms with Crippen LogP contribution in [0.1, 0.15) is 25.8 Å². The van der Waals surface area contributed by atoms with Crippen LogP contribution in [-0.4, -0.2) is 78.2 Å². The molecular weight excluding hydrogens is 478 g/mol. The van der Waals surface area contributed by atoms with Gasteiger partial charge in [0.1, 0.15) is 5.75 Å². The van der Waals surface area contributed by atoms with Gasteiger partial charge in [-0.15, -0.1) is 10.2 Å². The first-order valence-corrected chi connectivity index (χ1v) is 13.3. The molecule has 0 N–H and O–H groups in total. The van der Waals surface area contributed by atoms with Gasteiger partial charge in [0.2, 0.25) is 11.8 Å². The van der Waals surface area contributed by atoms with Gasteiger partial charge in [0.15, 0.2) is 5.82 Å². The molecule has 2 amide bonds. The predicted molar refractivity (Wildman–Crippen MR) is 149 cm³/mol. The Labute approximate surface area is 225 Å². The fraction of sp³-hybridized carbons (Fsp3) is 0.400. The van der Waals surface area contributed by atoms with E-state index in [-0.39, 0.29) is 24.3 Å². The highest BCUT2D eigenvalue weighted by atomic mass is 16.5. The van der Waals surface area contributed by atoms with Gasteiger partial charge in [0, 0.05) is 38.3 Å². The number of hydrogen-bond donors (Lipinski definition) is 0. The van der Waals surface area contributed by atoms with Gasteiger partial charge in [-0.1, -0.05) is 56.3 Å². The van der Waals surface area contributed by atoms with Crippen LogP contribution < -0.4 is 9.64 Å². The lowest BCUT2D eigenvalue weighted by Gasteiger charge is -2.28. The maximum atomic E-state index is 13.3. The summed E-state index contributed by atoms with van der Waals surface area (Å²) in [6.45, 7) is 7.51. The van der Waals surface area contributed by atoms with E-state index in [1.54, 1.807) is 12.0 Å². The van der Waals surface area contributed by atoms with Crippen LogP contribution in [0.25, 0.3) is 11.3 Å². The molecule has 2 aromatic carbocycles.